The minimum atomic E-state index is -0.338. The zero-order valence-corrected chi connectivity index (χ0v) is 16.7. The molecule has 0 bridgehead atoms. The van der Waals surface area contributed by atoms with Gasteiger partial charge in [-0.3, -0.25) is 4.79 Å². The lowest BCUT2D eigenvalue weighted by Crippen LogP contribution is -2.39. The van der Waals surface area contributed by atoms with Gasteiger partial charge in [-0.25, -0.2) is 9.18 Å². The van der Waals surface area contributed by atoms with E-state index in [1.165, 1.54) is 17.0 Å². The standard InChI is InChI=1S/C22H24FN3O3/c1-4-29-19-9-10-20-16(12-19)11-17(21(27)24-20)14-26(22(28)25(2)3)13-15-5-7-18(23)8-6-15/h5-12H,4,13-14H2,1-3H3,(H,24,27). The quantitative estimate of drug-likeness (QED) is 0.689. The number of carbonyl (C=O) groups excluding carboxylic acids is 1. The first-order chi connectivity index (χ1) is 13.9. The van der Waals surface area contributed by atoms with Crippen LogP contribution in [0.5, 0.6) is 5.75 Å². The Kier molecular flexibility index (Phi) is 6.16. The van der Waals surface area contributed by atoms with Crippen LogP contribution in [0.15, 0.2) is 53.3 Å². The number of aromatic amines is 1. The second-order valence-electron chi connectivity index (χ2n) is 6.97. The van der Waals surface area contributed by atoms with Gasteiger partial charge in [-0.15, -0.1) is 0 Å². The maximum Gasteiger partial charge on any atom is 0.320 e. The predicted octanol–water partition coefficient (Wildman–Crippen LogP) is 3.75. The molecule has 0 saturated carbocycles. The number of H-pyrrole nitrogens is 1. The van der Waals surface area contributed by atoms with Gasteiger partial charge in [-0.2, -0.15) is 0 Å². The number of carbonyl (C=O) groups is 1. The lowest BCUT2D eigenvalue weighted by atomic mass is 10.1. The summed E-state index contributed by atoms with van der Waals surface area (Å²) in [6, 6.07) is 13.0. The molecule has 1 aromatic heterocycles. The van der Waals surface area contributed by atoms with Crippen molar-refractivity contribution in [3.63, 3.8) is 0 Å². The molecule has 0 atom stereocenters. The van der Waals surface area contributed by atoms with Crippen molar-refractivity contribution >= 4 is 16.9 Å². The van der Waals surface area contributed by atoms with Gasteiger partial charge in [0.15, 0.2) is 0 Å². The van der Waals surface area contributed by atoms with E-state index in [1.807, 2.05) is 13.0 Å². The molecule has 0 aliphatic heterocycles. The van der Waals surface area contributed by atoms with Gasteiger partial charge >= 0.3 is 6.03 Å². The van der Waals surface area contributed by atoms with Crippen LogP contribution in [0.1, 0.15) is 18.1 Å². The van der Waals surface area contributed by atoms with Gasteiger partial charge in [0.2, 0.25) is 0 Å². The second kappa shape index (κ2) is 8.77. The zero-order valence-electron chi connectivity index (χ0n) is 16.7. The van der Waals surface area contributed by atoms with E-state index in [4.69, 9.17) is 4.74 Å². The molecule has 2 aromatic carbocycles. The zero-order chi connectivity index (χ0) is 21.0. The molecular formula is C22H24FN3O3. The van der Waals surface area contributed by atoms with Gasteiger partial charge in [0, 0.05) is 37.1 Å². The Morgan fingerprint density at radius 1 is 1.07 bits per heavy atom. The minimum absolute atomic E-state index is 0.124. The van der Waals surface area contributed by atoms with E-state index in [0.29, 0.717) is 23.4 Å². The van der Waals surface area contributed by atoms with Crippen molar-refractivity contribution in [2.75, 3.05) is 20.7 Å². The smallest absolute Gasteiger partial charge is 0.320 e. The molecule has 6 nitrogen and oxygen atoms in total. The average molecular weight is 397 g/mol. The lowest BCUT2D eigenvalue weighted by Gasteiger charge is -2.26. The molecule has 1 N–H and O–H groups in total. The van der Waals surface area contributed by atoms with Gasteiger partial charge in [-0.1, -0.05) is 12.1 Å². The molecular weight excluding hydrogens is 373 g/mol. The Hall–Kier alpha value is -3.35. The molecule has 0 aliphatic carbocycles. The Balaban J connectivity index is 1.93. The largest absolute Gasteiger partial charge is 0.494 e. The third-order valence-electron chi connectivity index (χ3n) is 4.50. The third kappa shape index (κ3) is 4.93. The van der Waals surface area contributed by atoms with E-state index in [0.717, 1.165) is 10.9 Å². The number of urea groups is 1. The van der Waals surface area contributed by atoms with Crippen LogP contribution in [0.4, 0.5) is 9.18 Å². The number of hydrogen-bond acceptors (Lipinski definition) is 3. The summed E-state index contributed by atoms with van der Waals surface area (Å²) in [5, 5.41) is 0.824. The predicted molar refractivity (Wildman–Crippen MR) is 110 cm³/mol. The van der Waals surface area contributed by atoms with E-state index in [1.54, 1.807) is 49.3 Å². The van der Waals surface area contributed by atoms with Crippen molar-refractivity contribution in [1.82, 2.24) is 14.8 Å². The maximum atomic E-state index is 13.2. The fourth-order valence-electron chi connectivity index (χ4n) is 3.09. The normalized spacial score (nSPS) is 10.8. The molecule has 7 heteroatoms. The van der Waals surface area contributed by atoms with Crippen molar-refractivity contribution in [3.8, 4) is 5.75 Å². The van der Waals surface area contributed by atoms with Gasteiger partial charge in [0.25, 0.3) is 5.56 Å². The summed E-state index contributed by atoms with van der Waals surface area (Å²) in [6.07, 6.45) is 0. The Labute approximate surface area is 168 Å². The van der Waals surface area contributed by atoms with Gasteiger partial charge in [0.05, 0.1) is 13.2 Å². The highest BCUT2D eigenvalue weighted by Gasteiger charge is 2.18. The number of pyridine rings is 1. The van der Waals surface area contributed by atoms with E-state index in [9.17, 15) is 14.0 Å². The van der Waals surface area contributed by atoms with Gasteiger partial charge in [0.1, 0.15) is 11.6 Å². The van der Waals surface area contributed by atoms with Crippen LogP contribution >= 0.6 is 0 Å². The highest BCUT2D eigenvalue weighted by molar-refractivity contribution is 5.80. The molecule has 3 aromatic rings. The van der Waals surface area contributed by atoms with Crippen molar-refractivity contribution < 1.29 is 13.9 Å². The molecule has 0 unspecified atom stereocenters. The number of amides is 2. The number of nitrogens with zero attached hydrogens (tertiary/aromatic N) is 2. The number of ether oxygens (including phenoxy) is 1. The first-order valence-electron chi connectivity index (χ1n) is 9.37. The van der Waals surface area contributed by atoms with Gasteiger partial charge in [-0.05, 0) is 48.9 Å². The highest BCUT2D eigenvalue weighted by atomic mass is 19.1. The molecule has 29 heavy (non-hydrogen) atoms. The minimum Gasteiger partial charge on any atom is -0.494 e. The molecule has 0 fully saturated rings. The molecule has 0 saturated heterocycles. The highest BCUT2D eigenvalue weighted by Crippen LogP contribution is 2.20. The van der Waals surface area contributed by atoms with Crippen molar-refractivity contribution in [2.45, 2.75) is 20.0 Å². The number of nitrogens with one attached hydrogen (secondary N) is 1. The fraction of sp³-hybridized carbons (Fsp3) is 0.273. The van der Waals surface area contributed by atoms with Crippen molar-refractivity contribution in [2.24, 2.45) is 0 Å². The fourth-order valence-corrected chi connectivity index (χ4v) is 3.09. The van der Waals surface area contributed by atoms with E-state index < -0.39 is 0 Å². The Morgan fingerprint density at radius 2 is 1.79 bits per heavy atom. The van der Waals surface area contributed by atoms with Crippen LogP contribution in [-0.2, 0) is 13.1 Å². The SMILES string of the molecule is CCOc1ccc2[nH]c(=O)c(CN(Cc3ccc(F)cc3)C(=O)N(C)C)cc2c1. The Bertz CT molecular complexity index is 1060. The molecule has 2 amide bonds. The molecule has 3 rings (SSSR count). The van der Waals surface area contributed by atoms with E-state index in [-0.39, 0.29) is 30.5 Å². The second-order valence-corrected chi connectivity index (χ2v) is 6.97. The van der Waals surface area contributed by atoms with E-state index >= 15 is 0 Å². The Morgan fingerprint density at radius 3 is 2.45 bits per heavy atom. The van der Waals surface area contributed by atoms with Crippen molar-refractivity contribution in [3.05, 3.63) is 75.8 Å². The summed E-state index contributed by atoms with van der Waals surface area (Å²) in [4.78, 5) is 31.1. The molecule has 0 aliphatic rings. The summed E-state index contributed by atoms with van der Waals surface area (Å²) in [6.45, 7) is 2.83. The van der Waals surface area contributed by atoms with Gasteiger partial charge < -0.3 is 19.5 Å². The summed E-state index contributed by atoms with van der Waals surface area (Å²) >= 11 is 0. The monoisotopic (exact) mass is 397 g/mol. The summed E-state index contributed by atoms with van der Waals surface area (Å²) in [5.74, 6) is 0.376. The number of hydrogen-bond donors (Lipinski definition) is 1. The number of halogens is 1. The maximum absolute atomic E-state index is 13.2. The van der Waals surface area contributed by atoms with Crippen molar-refractivity contribution in [1.29, 1.82) is 0 Å². The van der Waals surface area contributed by atoms with Crippen LogP contribution in [0.25, 0.3) is 10.9 Å². The molecule has 1 heterocycles. The number of fused-ring (bicyclic) bond motifs is 1. The summed E-state index contributed by atoms with van der Waals surface area (Å²) in [7, 11) is 3.30. The number of benzene rings is 2. The van der Waals surface area contributed by atoms with Crippen LogP contribution < -0.4 is 10.3 Å². The van der Waals surface area contributed by atoms with Crippen LogP contribution in [-0.4, -0.2) is 41.5 Å². The first kappa shape index (κ1) is 20.4. The van der Waals surface area contributed by atoms with Crippen LogP contribution in [0, 0.1) is 5.82 Å². The number of rotatable bonds is 6. The molecule has 0 spiro atoms. The van der Waals surface area contributed by atoms with Crippen LogP contribution in [0.2, 0.25) is 0 Å². The molecule has 0 radical (unpaired) electrons. The van der Waals surface area contributed by atoms with E-state index in [2.05, 4.69) is 4.98 Å². The third-order valence-corrected chi connectivity index (χ3v) is 4.50. The summed E-state index contributed by atoms with van der Waals surface area (Å²) < 4.78 is 18.7. The van der Waals surface area contributed by atoms with Crippen LogP contribution in [0.3, 0.4) is 0 Å². The first-order valence-corrected chi connectivity index (χ1v) is 9.37. The summed E-state index contributed by atoms with van der Waals surface area (Å²) in [5.41, 5.74) is 1.68. The number of aromatic nitrogens is 1. The molecule has 152 valence electrons. The topological polar surface area (TPSA) is 65.6 Å². The lowest BCUT2D eigenvalue weighted by molar-refractivity contribution is 0.165. The average Bonchev–Trinajstić information content (AvgIpc) is 2.69.